The molecule has 1 N–H and O–H groups in total. The fraction of sp³-hybridized carbons (Fsp3) is 0.667. The van der Waals surface area contributed by atoms with E-state index in [1.807, 2.05) is 27.9 Å². The molecule has 1 heterocycles. The number of amides is 1. The van der Waals surface area contributed by atoms with Crippen LogP contribution in [0.5, 0.6) is 0 Å². The van der Waals surface area contributed by atoms with Gasteiger partial charge in [-0.05, 0) is 20.9 Å². The molecular formula is C12H21N3O2S. The molecule has 0 unspecified atom stereocenters. The Hall–Kier alpha value is -1.01. The maximum Gasteiger partial charge on any atom is 0.232 e. The maximum atomic E-state index is 11.8. The summed E-state index contributed by atoms with van der Waals surface area (Å²) >= 11 is 1.60. The summed E-state index contributed by atoms with van der Waals surface area (Å²) in [5.74, 6) is 2.26. The Morgan fingerprint density at radius 2 is 2.22 bits per heavy atom. The fourth-order valence-corrected chi connectivity index (χ4v) is 2.58. The zero-order valence-corrected chi connectivity index (χ0v) is 12.3. The minimum absolute atomic E-state index is 0.155. The smallest absolute Gasteiger partial charge is 0.232 e. The van der Waals surface area contributed by atoms with Gasteiger partial charge in [0.05, 0.1) is 11.4 Å². The van der Waals surface area contributed by atoms with Gasteiger partial charge in [-0.15, -0.1) is 11.8 Å². The van der Waals surface area contributed by atoms with Crippen LogP contribution in [0.3, 0.4) is 0 Å². The van der Waals surface area contributed by atoms with Crippen molar-refractivity contribution >= 4 is 17.7 Å². The second kappa shape index (κ2) is 7.43. The van der Waals surface area contributed by atoms with Gasteiger partial charge < -0.3 is 14.7 Å². The summed E-state index contributed by atoms with van der Waals surface area (Å²) in [5, 5.41) is 6.92. The number of likely N-dealkylation sites (N-methyl/N-ethyl adjacent to an activating group) is 2. The predicted octanol–water partition coefficient (Wildman–Crippen LogP) is 1.20. The Labute approximate surface area is 112 Å². The molecule has 1 rings (SSSR count). The molecule has 1 aromatic rings. The number of aromatic nitrogens is 1. The van der Waals surface area contributed by atoms with E-state index in [0.717, 1.165) is 35.9 Å². The van der Waals surface area contributed by atoms with Crippen LogP contribution < -0.4 is 5.32 Å². The van der Waals surface area contributed by atoms with Gasteiger partial charge in [-0.2, -0.15) is 0 Å². The number of hydrogen-bond donors (Lipinski definition) is 1. The highest BCUT2D eigenvalue weighted by molar-refractivity contribution is 7.99. The Bertz CT molecular complexity index is 373. The van der Waals surface area contributed by atoms with Crippen LogP contribution >= 0.6 is 11.8 Å². The van der Waals surface area contributed by atoms with Gasteiger partial charge in [0.1, 0.15) is 5.76 Å². The molecule has 0 saturated heterocycles. The van der Waals surface area contributed by atoms with E-state index in [1.165, 1.54) is 0 Å². The average Bonchev–Trinajstić information content (AvgIpc) is 2.67. The molecule has 0 spiro atoms. The lowest BCUT2D eigenvalue weighted by atomic mass is 10.2. The molecule has 0 radical (unpaired) electrons. The van der Waals surface area contributed by atoms with Gasteiger partial charge in [0.2, 0.25) is 5.91 Å². The largest absolute Gasteiger partial charge is 0.361 e. The van der Waals surface area contributed by atoms with Crippen LogP contribution in [-0.4, -0.2) is 48.9 Å². The molecule has 18 heavy (non-hydrogen) atoms. The van der Waals surface area contributed by atoms with Crippen molar-refractivity contribution in [2.24, 2.45) is 0 Å². The first-order chi connectivity index (χ1) is 8.56. The van der Waals surface area contributed by atoms with E-state index in [0.29, 0.717) is 5.75 Å². The van der Waals surface area contributed by atoms with Crippen LogP contribution in [0.15, 0.2) is 4.52 Å². The SMILES string of the molecule is CNCCN(C)C(=O)CSCc1c(C)noc1C. The van der Waals surface area contributed by atoms with Crippen molar-refractivity contribution in [2.75, 3.05) is 32.9 Å². The summed E-state index contributed by atoms with van der Waals surface area (Å²) in [5.41, 5.74) is 2.02. The highest BCUT2D eigenvalue weighted by Gasteiger charge is 2.12. The van der Waals surface area contributed by atoms with Crippen LogP contribution in [0.25, 0.3) is 0 Å². The highest BCUT2D eigenvalue weighted by Crippen LogP contribution is 2.19. The van der Waals surface area contributed by atoms with Crippen LogP contribution in [0.1, 0.15) is 17.0 Å². The lowest BCUT2D eigenvalue weighted by Gasteiger charge is -2.16. The number of hydrogen-bond acceptors (Lipinski definition) is 5. The molecule has 0 saturated carbocycles. The maximum absolute atomic E-state index is 11.8. The van der Waals surface area contributed by atoms with Crippen LogP contribution in [0.4, 0.5) is 0 Å². The van der Waals surface area contributed by atoms with Gasteiger partial charge in [0.15, 0.2) is 0 Å². The summed E-state index contributed by atoms with van der Waals surface area (Å²) in [4.78, 5) is 13.5. The van der Waals surface area contributed by atoms with Gasteiger partial charge in [-0.3, -0.25) is 4.79 Å². The molecule has 6 heteroatoms. The Kier molecular flexibility index (Phi) is 6.21. The zero-order valence-electron chi connectivity index (χ0n) is 11.4. The molecule has 0 atom stereocenters. The van der Waals surface area contributed by atoms with Crippen LogP contribution in [0.2, 0.25) is 0 Å². The lowest BCUT2D eigenvalue weighted by molar-refractivity contribution is -0.127. The van der Waals surface area contributed by atoms with Crippen molar-refractivity contribution < 1.29 is 9.32 Å². The molecule has 0 fully saturated rings. The van der Waals surface area contributed by atoms with E-state index in [9.17, 15) is 4.79 Å². The molecule has 0 bridgehead atoms. The third kappa shape index (κ3) is 4.34. The first-order valence-electron chi connectivity index (χ1n) is 5.94. The highest BCUT2D eigenvalue weighted by atomic mass is 32.2. The van der Waals surface area contributed by atoms with E-state index in [1.54, 1.807) is 16.7 Å². The zero-order chi connectivity index (χ0) is 13.5. The van der Waals surface area contributed by atoms with E-state index in [2.05, 4.69) is 10.5 Å². The van der Waals surface area contributed by atoms with Crippen molar-refractivity contribution in [2.45, 2.75) is 19.6 Å². The van der Waals surface area contributed by atoms with Crippen LogP contribution in [0, 0.1) is 13.8 Å². The quantitative estimate of drug-likeness (QED) is 0.807. The average molecular weight is 271 g/mol. The first-order valence-corrected chi connectivity index (χ1v) is 7.09. The second-order valence-electron chi connectivity index (χ2n) is 4.21. The molecule has 102 valence electrons. The van der Waals surface area contributed by atoms with Crippen molar-refractivity contribution in [1.29, 1.82) is 0 Å². The first kappa shape index (κ1) is 15.0. The van der Waals surface area contributed by atoms with Crippen molar-refractivity contribution in [3.63, 3.8) is 0 Å². The fourth-order valence-electron chi connectivity index (χ4n) is 1.46. The monoisotopic (exact) mass is 271 g/mol. The summed E-state index contributed by atoms with van der Waals surface area (Å²) in [6.45, 7) is 5.38. The number of aryl methyl sites for hydroxylation is 2. The van der Waals surface area contributed by atoms with Crippen LogP contribution in [-0.2, 0) is 10.5 Å². The molecule has 0 aromatic carbocycles. The summed E-state index contributed by atoms with van der Waals surface area (Å²) in [7, 11) is 3.71. The molecular weight excluding hydrogens is 250 g/mol. The summed E-state index contributed by atoms with van der Waals surface area (Å²) in [6.07, 6.45) is 0. The van der Waals surface area contributed by atoms with Gasteiger partial charge in [-0.1, -0.05) is 5.16 Å². The van der Waals surface area contributed by atoms with E-state index >= 15 is 0 Å². The third-order valence-corrected chi connectivity index (χ3v) is 3.72. The number of carbonyl (C=O) groups excluding carboxylic acids is 1. The van der Waals surface area contributed by atoms with Gasteiger partial charge in [0, 0.05) is 31.5 Å². The standard InChI is InChI=1S/C12H21N3O2S/c1-9-11(10(2)17-14-9)7-18-8-12(16)15(4)6-5-13-3/h13H,5-8H2,1-4H3. The molecule has 1 aromatic heterocycles. The molecule has 0 aliphatic heterocycles. The molecule has 5 nitrogen and oxygen atoms in total. The molecule has 1 amide bonds. The minimum atomic E-state index is 0.155. The molecule has 0 aliphatic carbocycles. The second-order valence-corrected chi connectivity index (χ2v) is 5.20. The molecule has 0 aliphatic rings. The summed E-state index contributed by atoms with van der Waals surface area (Å²) < 4.78 is 5.09. The topological polar surface area (TPSA) is 58.4 Å². The normalized spacial score (nSPS) is 10.7. The van der Waals surface area contributed by atoms with E-state index in [4.69, 9.17) is 4.52 Å². The minimum Gasteiger partial charge on any atom is -0.361 e. The van der Waals surface area contributed by atoms with E-state index in [-0.39, 0.29) is 5.91 Å². The van der Waals surface area contributed by atoms with Crippen molar-refractivity contribution in [3.05, 3.63) is 17.0 Å². The van der Waals surface area contributed by atoms with Crippen molar-refractivity contribution in [3.8, 4) is 0 Å². The van der Waals surface area contributed by atoms with Gasteiger partial charge in [-0.25, -0.2) is 0 Å². The lowest BCUT2D eigenvalue weighted by Crippen LogP contribution is -2.33. The van der Waals surface area contributed by atoms with E-state index < -0.39 is 0 Å². The Balaban J connectivity index is 2.31. The van der Waals surface area contributed by atoms with Gasteiger partial charge >= 0.3 is 0 Å². The Morgan fingerprint density at radius 3 is 2.78 bits per heavy atom. The number of carbonyl (C=O) groups is 1. The number of nitrogens with one attached hydrogen (secondary N) is 1. The Morgan fingerprint density at radius 1 is 1.50 bits per heavy atom. The number of rotatable bonds is 7. The third-order valence-electron chi connectivity index (χ3n) is 2.78. The summed E-state index contributed by atoms with van der Waals surface area (Å²) in [6, 6.07) is 0. The van der Waals surface area contributed by atoms with Gasteiger partial charge in [0.25, 0.3) is 0 Å². The predicted molar refractivity (Wildman–Crippen MR) is 73.7 cm³/mol. The number of thioether (sulfide) groups is 1. The number of nitrogens with zero attached hydrogens (tertiary/aromatic N) is 2. The van der Waals surface area contributed by atoms with Crippen molar-refractivity contribution in [1.82, 2.24) is 15.4 Å².